The number of nitrogens with one attached hydrogen (secondary N) is 2. The Morgan fingerprint density at radius 1 is 1.00 bits per heavy atom. The number of carbonyl (C=O) groups is 2. The summed E-state index contributed by atoms with van der Waals surface area (Å²) < 4.78 is 5.22. The molecule has 176 valence electrons. The largest absolute Gasteiger partial charge is 0.459 e. The molecule has 0 bridgehead atoms. The Morgan fingerprint density at radius 2 is 1.65 bits per heavy atom. The van der Waals surface area contributed by atoms with E-state index >= 15 is 0 Å². The number of aryl methyl sites for hydroxylation is 2. The third-order valence-corrected chi connectivity index (χ3v) is 5.35. The number of nitrogens with zero attached hydrogens (tertiary/aromatic N) is 5. The lowest BCUT2D eigenvalue weighted by Crippen LogP contribution is -2.55. The van der Waals surface area contributed by atoms with E-state index in [-0.39, 0.29) is 11.9 Å². The van der Waals surface area contributed by atoms with Gasteiger partial charge < -0.3 is 19.5 Å². The highest BCUT2D eigenvalue weighted by atomic mass is 35.5. The fourth-order valence-corrected chi connectivity index (χ4v) is 3.63. The molecule has 0 radical (unpaired) electrons. The van der Waals surface area contributed by atoms with Gasteiger partial charge in [0.2, 0.25) is 5.96 Å². The zero-order chi connectivity index (χ0) is 24.1. The Bertz CT molecular complexity index is 1170. The number of aromatic nitrogens is 2. The van der Waals surface area contributed by atoms with Gasteiger partial charge in [0, 0.05) is 48.3 Å². The van der Waals surface area contributed by atoms with Gasteiger partial charge in [-0.1, -0.05) is 11.6 Å². The monoisotopic (exact) mass is 481 g/mol. The number of guanidine groups is 1. The summed E-state index contributed by atoms with van der Waals surface area (Å²) in [5.74, 6) is 0.663. The summed E-state index contributed by atoms with van der Waals surface area (Å²) in [5, 5.41) is 6.13. The molecule has 3 aromatic rings. The van der Waals surface area contributed by atoms with Crippen LogP contribution in [0.25, 0.3) is 0 Å². The van der Waals surface area contributed by atoms with Gasteiger partial charge in [0.15, 0.2) is 5.76 Å². The molecule has 10 nitrogen and oxygen atoms in total. The van der Waals surface area contributed by atoms with Crippen LogP contribution in [0, 0.1) is 13.8 Å². The van der Waals surface area contributed by atoms with E-state index in [1.54, 1.807) is 41.3 Å². The zero-order valence-corrected chi connectivity index (χ0v) is 19.5. The second-order valence-corrected chi connectivity index (χ2v) is 8.17. The first-order valence-electron chi connectivity index (χ1n) is 10.7. The van der Waals surface area contributed by atoms with E-state index in [0.29, 0.717) is 48.6 Å². The SMILES string of the molecule is Cc1cc(C)nc(/N=C(\NC(=O)Nc2ccc(Cl)cc2)N2CCN(C(=O)c3ccco3)CC2)n1. The van der Waals surface area contributed by atoms with Gasteiger partial charge in [0.05, 0.1) is 6.26 Å². The second-order valence-electron chi connectivity index (χ2n) is 7.73. The molecule has 3 heterocycles. The quantitative estimate of drug-likeness (QED) is 0.436. The summed E-state index contributed by atoms with van der Waals surface area (Å²) in [4.78, 5) is 42.1. The third kappa shape index (κ3) is 5.90. The van der Waals surface area contributed by atoms with Crippen LogP contribution in [-0.4, -0.2) is 63.8 Å². The van der Waals surface area contributed by atoms with Crippen LogP contribution in [0.4, 0.5) is 16.4 Å². The van der Waals surface area contributed by atoms with E-state index in [9.17, 15) is 9.59 Å². The first kappa shape index (κ1) is 23.2. The van der Waals surface area contributed by atoms with Gasteiger partial charge in [-0.05, 0) is 56.3 Å². The number of piperazine rings is 1. The van der Waals surface area contributed by atoms with E-state index in [4.69, 9.17) is 16.0 Å². The van der Waals surface area contributed by atoms with E-state index in [1.165, 1.54) is 6.26 Å². The molecular formula is C23H24ClN7O3. The van der Waals surface area contributed by atoms with Crippen molar-refractivity contribution in [3.63, 3.8) is 0 Å². The first-order chi connectivity index (χ1) is 16.4. The molecule has 0 spiro atoms. The number of benzene rings is 1. The van der Waals surface area contributed by atoms with E-state index < -0.39 is 6.03 Å². The maximum Gasteiger partial charge on any atom is 0.326 e. The topological polar surface area (TPSA) is 116 Å². The summed E-state index contributed by atoms with van der Waals surface area (Å²) in [6, 6.07) is 11.5. The maximum absolute atomic E-state index is 12.7. The molecule has 4 rings (SSSR count). The van der Waals surface area contributed by atoms with Gasteiger partial charge in [-0.25, -0.2) is 14.8 Å². The standard InChI is InChI=1S/C23H24ClN7O3/c1-15-14-16(2)26-21(25-15)28-22(29-23(33)27-18-7-5-17(24)6-8-18)31-11-9-30(10-12-31)20(32)19-4-3-13-34-19/h3-8,13-14H,9-12H2,1-2H3,(H2,25,26,27,28,29,33). The van der Waals surface area contributed by atoms with Crippen molar-refractivity contribution in [1.82, 2.24) is 25.1 Å². The molecule has 2 N–H and O–H groups in total. The average molecular weight is 482 g/mol. The maximum atomic E-state index is 12.7. The minimum absolute atomic E-state index is 0.172. The molecule has 0 unspecified atom stereocenters. The molecule has 1 aromatic carbocycles. The van der Waals surface area contributed by atoms with Crippen LogP contribution in [0.5, 0.6) is 0 Å². The number of carbonyl (C=O) groups excluding carboxylic acids is 2. The molecule has 1 fully saturated rings. The van der Waals surface area contributed by atoms with Crippen LogP contribution in [-0.2, 0) is 0 Å². The van der Waals surface area contributed by atoms with E-state index in [1.807, 2.05) is 24.8 Å². The predicted molar refractivity (Wildman–Crippen MR) is 128 cm³/mol. The van der Waals surface area contributed by atoms with Crippen LogP contribution in [0.3, 0.4) is 0 Å². The molecule has 1 aliphatic heterocycles. The highest BCUT2D eigenvalue weighted by Crippen LogP contribution is 2.15. The number of hydrogen-bond donors (Lipinski definition) is 2. The van der Waals surface area contributed by atoms with Crippen LogP contribution in [0.2, 0.25) is 5.02 Å². The average Bonchev–Trinajstić information content (AvgIpc) is 3.34. The Kier molecular flexibility index (Phi) is 7.07. The highest BCUT2D eigenvalue weighted by molar-refractivity contribution is 6.30. The molecule has 34 heavy (non-hydrogen) atoms. The minimum atomic E-state index is -0.473. The number of urea groups is 1. The van der Waals surface area contributed by atoms with Crippen molar-refractivity contribution < 1.29 is 14.0 Å². The van der Waals surface area contributed by atoms with E-state index in [2.05, 4.69) is 25.6 Å². The number of furan rings is 1. The summed E-state index contributed by atoms with van der Waals surface area (Å²) in [6.07, 6.45) is 1.47. The molecule has 3 amide bonds. The lowest BCUT2D eigenvalue weighted by atomic mass is 10.3. The van der Waals surface area contributed by atoms with Crippen LogP contribution in [0.1, 0.15) is 21.9 Å². The molecular weight excluding hydrogens is 458 g/mol. The van der Waals surface area contributed by atoms with Gasteiger partial charge in [-0.3, -0.25) is 10.1 Å². The molecule has 11 heteroatoms. The van der Waals surface area contributed by atoms with Crippen LogP contribution in [0.15, 0.2) is 58.1 Å². The number of hydrogen-bond acceptors (Lipinski definition) is 6. The number of amides is 3. The fraction of sp³-hybridized carbons (Fsp3) is 0.261. The summed E-state index contributed by atoms with van der Waals surface area (Å²) in [5.41, 5.74) is 2.12. The normalized spacial score (nSPS) is 14.1. The second kappa shape index (κ2) is 10.3. The number of rotatable bonds is 3. The lowest BCUT2D eigenvalue weighted by Gasteiger charge is -2.35. The van der Waals surface area contributed by atoms with Crippen LogP contribution < -0.4 is 10.6 Å². The van der Waals surface area contributed by atoms with Crippen LogP contribution >= 0.6 is 11.6 Å². The smallest absolute Gasteiger partial charge is 0.326 e. The van der Waals surface area contributed by atoms with Crippen molar-refractivity contribution in [3.8, 4) is 0 Å². The molecule has 0 atom stereocenters. The Hall–Kier alpha value is -3.92. The van der Waals surface area contributed by atoms with Gasteiger partial charge in [0.25, 0.3) is 11.9 Å². The Morgan fingerprint density at radius 3 is 2.26 bits per heavy atom. The Labute approximate surface area is 201 Å². The Balaban J connectivity index is 1.50. The molecule has 0 aliphatic carbocycles. The van der Waals surface area contributed by atoms with Crippen molar-refractivity contribution in [1.29, 1.82) is 0 Å². The summed E-state index contributed by atoms with van der Waals surface area (Å²) in [6.45, 7) is 5.49. The summed E-state index contributed by atoms with van der Waals surface area (Å²) >= 11 is 5.91. The molecule has 0 saturated carbocycles. The van der Waals surface area contributed by atoms with Crippen molar-refractivity contribution in [2.45, 2.75) is 13.8 Å². The van der Waals surface area contributed by atoms with Gasteiger partial charge in [-0.15, -0.1) is 0 Å². The van der Waals surface area contributed by atoms with Crippen molar-refractivity contribution >= 4 is 41.1 Å². The minimum Gasteiger partial charge on any atom is -0.459 e. The zero-order valence-electron chi connectivity index (χ0n) is 18.8. The van der Waals surface area contributed by atoms with Crippen molar-refractivity contribution in [3.05, 3.63) is 70.9 Å². The number of halogens is 1. The molecule has 1 saturated heterocycles. The number of anilines is 1. The van der Waals surface area contributed by atoms with Crippen molar-refractivity contribution in [2.75, 3.05) is 31.5 Å². The van der Waals surface area contributed by atoms with Crippen molar-refractivity contribution in [2.24, 2.45) is 4.99 Å². The third-order valence-electron chi connectivity index (χ3n) is 5.10. The summed E-state index contributed by atoms with van der Waals surface area (Å²) in [7, 11) is 0. The number of aliphatic imine (C=N–C) groups is 1. The molecule has 1 aliphatic rings. The lowest BCUT2D eigenvalue weighted by molar-refractivity contribution is 0.0658. The first-order valence-corrected chi connectivity index (χ1v) is 11.1. The van der Waals surface area contributed by atoms with Gasteiger partial charge in [-0.2, -0.15) is 4.99 Å². The van der Waals surface area contributed by atoms with E-state index in [0.717, 1.165) is 11.4 Å². The predicted octanol–water partition coefficient (Wildman–Crippen LogP) is 3.61. The highest BCUT2D eigenvalue weighted by Gasteiger charge is 2.26. The van der Waals surface area contributed by atoms with Gasteiger partial charge >= 0.3 is 6.03 Å². The van der Waals surface area contributed by atoms with Gasteiger partial charge in [0.1, 0.15) is 0 Å². The molecule has 2 aromatic heterocycles. The fourth-order valence-electron chi connectivity index (χ4n) is 3.50.